The number of nitrogens with one attached hydrogen (secondary N) is 1. The van der Waals surface area contributed by atoms with Crippen LogP contribution in [-0.2, 0) is 32.8 Å². The van der Waals surface area contributed by atoms with Gasteiger partial charge in [0.05, 0.1) is 37.5 Å². The van der Waals surface area contributed by atoms with E-state index in [4.69, 9.17) is 14.2 Å². The Bertz CT molecular complexity index is 1140. The minimum Gasteiger partial charge on any atom is -0.444 e. The molecule has 1 amide bonds. The van der Waals surface area contributed by atoms with Crippen molar-refractivity contribution in [1.29, 1.82) is 5.26 Å². The lowest BCUT2D eigenvalue weighted by atomic mass is 9.82. The van der Waals surface area contributed by atoms with E-state index in [1.807, 2.05) is 12.1 Å². The van der Waals surface area contributed by atoms with Gasteiger partial charge < -0.3 is 19.5 Å². The molecule has 5 rings (SSSR count). The van der Waals surface area contributed by atoms with E-state index in [2.05, 4.69) is 46.6 Å². The van der Waals surface area contributed by atoms with Crippen molar-refractivity contribution in [3.8, 4) is 17.2 Å². The van der Waals surface area contributed by atoms with E-state index in [0.717, 1.165) is 50.3 Å². The van der Waals surface area contributed by atoms with E-state index in [-0.39, 0.29) is 5.60 Å². The number of carbonyl (C=O) groups excluding carboxylic acids is 1. The Morgan fingerprint density at radius 2 is 1.86 bits per heavy atom. The van der Waals surface area contributed by atoms with Crippen LogP contribution in [0.15, 0.2) is 42.5 Å². The minimum absolute atomic E-state index is 0.181. The molecule has 0 bridgehead atoms. The van der Waals surface area contributed by atoms with E-state index in [1.54, 1.807) is 20.8 Å². The van der Waals surface area contributed by atoms with Crippen LogP contribution in [-0.4, -0.2) is 55.0 Å². The van der Waals surface area contributed by atoms with Crippen molar-refractivity contribution in [1.82, 2.24) is 10.2 Å². The summed E-state index contributed by atoms with van der Waals surface area (Å²) in [6.45, 7) is 9.89. The summed E-state index contributed by atoms with van der Waals surface area (Å²) in [5.74, 6) is 0. The fourth-order valence-electron chi connectivity index (χ4n) is 5.35. The largest absolute Gasteiger partial charge is 0.444 e. The average molecular weight is 490 g/mol. The third-order valence-corrected chi connectivity index (χ3v) is 7.42. The fourth-order valence-corrected chi connectivity index (χ4v) is 5.35. The second kappa shape index (κ2) is 9.85. The molecule has 36 heavy (non-hydrogen) atoms. The molecule has 0 unspecified atom stereocenters. The zero-order valence-electron chi connectivity index (χ0n) is 21.4. The van der Waals surface area contributed by atoms with Crippen LogP contribution in [0.25, 0.3) is 11.1 Å². The normalized spacial score (nSPS) is 20.3. The highest BCUT2D eigenvalue weighted by atomic mass is 16.6. The fraction of sp³-hybridized carbons (Fsp3) is 0.517. The highest BCUT2D eigenvalue weighted by Gasteiger charge is 2.44. The first kappa shape index (κ1) is 24.8. The van der Waals surface area contributed by atoms with Crippen LogP contribution in [0.3, 0.4) is 0 Å². The molecule has 1 N–H and O–H groups in total. The topological polar surface area (TPSA) is 83.8 Å². The Kier molecular flexibility index (Phi) is 6.78. The summed E-state index contributed by atoms with van der Waals surface area (Å²) in [6.07, 6.45) is 1.87. The smallest absolute Gasteiger partial charge is 0.408 e. The van der Waals surface area contributed by atoms with Crippen LogP contribution in [0.1, 0.15) is 50.3 Å². The van der Waals surface area contributed by atoms with Gasteiger partial charge in [0, 0.05) is 19.5 Å². The van der Waals surface area contributed by atoms with Crippen LogP contribution in [0.4, 0.5) is 4.79 Å². The predicted octanol–water partition coefficient (Wildman–Crippen LogP) is 4.53. The number of hydrogen-bond acceptors (Lipinski definition) is 6. The molecule has 2 fully saturated rings. The van der Waals surface area contributed by atoms with E-state index >= 15 is 0 Å². The van der Waals surface area contributed by atoms with Gasteiger partial charge in [-0.05, 0) is 67.5 Å². The number of piperidine rings is 1. The van der Waals surface area contributed by atoms with Crippen molar-refractivity contribution in [3.05, 3.63) is 59.2 Å². The summed E-state index contributed by atoms with van der Waals surface area (Å²) >= 11 is 0. The SMILES string of the molecule is CC(C)(C)OC(=O)N[C@H](C#N)Cc1ccc(-c2ccc3c(c2)C2(CCN(C4COC4)CC2)OC3)cc1. The maximum absolute atomic E-state index is 12.0. The minimum atomic E-state index is -0.653. The number of benzene rings is 2. The summed E-state index contributed by atoms with van der Waals surface area (Å²) in [7, 11) is 0. The van der Waals surface area contributed by atoms with Gasteiger partial charge in [0.25, 0.3) is 0 Å². The lowest BCUT2D eigenvalue weighted by Gasteiger charge is -2.45. The first-order valence-corrected chi connectivity index (χ1v) is 12.8. The van der Waals surface area contributed by atoms with Gasteiger partial charge in [-0.1, -0.05) is 36.4 Å². The van der Waals surface area contributed by atoms with E-state index in [9.17, 15) is 10.1 Å². The Hall–Kier alpha value is -2.92. The quantitative estimate of drug-likeness (QED) is 0.664. The molecule has 3 aliphatic heterocycles. The van der Waals surface area contributed by atoms with Crippen LogP contribution in [0.5, 0.6) is 0 Å². The van der Waals surface area contributed by atoms with Crippen molar-refractivity contribution in [2.75, 3.05) is 26.3 Å². The summed E-state index contributed by atoms with van der Waals surface area (Å²) in [6, 6.07) is 17.0. The molecule has 1 spiro atoms. The molecule has 0 radical (unpaired) electrons. The average Bonchev–Trinajstić information content (AvgIpc) is 3.15. The molecule has 0 aromatic heterocycles. The molecule has 0 aliphatic carbocycles. The molecule has 2 aromatic carbocycles. The third kappa shape index (κ3) is 5.27. The lowest BCUT2D eigenvalue weighted by Crippen LogP contribution is -2.54. The van der Waals surface area contributed by atoms with Gasteiger partial charge in [0.15, 0.2) is 0 Å². The zero-order valence-corrected chi connectivity index (χ0v) is 21.4. The van der Waals surface area contributed by atoms with Gasteiger partial charge >= 0.3 is 6.09 Å². The molecule has 2 saturated heterocycles. The van der Waals surface area contributed by atoms with Crippen LogP contribution >= 0.6 is 0 Å². The number of nitrogens with zero attached hydrogens (tertiary/aromatic N) is 2. The summed E-state index contributed by atoms with van der Waals surface area (Å²) in [5, 5.41) is 12.2. The number of rotatable bonds is 5. The number of nitriles is 1. The number of ether oxygens (including phenoxy) is 3. The number of alkyl carbamates (subject to hydrolysis) is 1. The second-order valence-corrected chi connectivity index (χ2v) is 11.1. The van der Waals surface area contributed by atoms with Crippen molar-refractivity contribution in [2.45, 2.75) is 69.9 Å². The Morgan fingerprint density at radius 3 is 2.47 bits per heavy atom. The maximum atomic E-state index is 12.0. The Labute approximate surface area is 213 Å². The molecule has 2 aromatic rings. The van der Waals surface area contributed by atoms with Gasteiger partial charge in [-0.25, -0.2) is 4.79 Å². The van der Waals surface area contributed by atoms with Crippen molar-refractivity contribution in [3.63, 3.8) is 0 Å². The molecular formula is C29H35N3O4. The molecule has 3 heterocycles. The van der Waals surface area contributed by atoms with Crippen molar-refractivity contribution in [2.24, 2.45) is 0 Å². The number of carbonyl (C=O) groups is 1. The van der Waals surface area contributed by atoms with E-state index in [1.165, 1.54) is 16.7 Å². The predicted molar refractivity (Wildman–Crippen MR) is 136 cm³/mol. The van der Waals surface area contributed by atoms with Gasteiger partial charge in [-0.3, -0.25) is 4.90 Å². The first-order valence-electron chi connectivity index (χ1n) is 12.8. The molecule has 7 nitrogen and oxygen atoms in total. The van der Waals surface area contributed by atoms with Crippen LogP contribution in [0.2, 0.25) is 0 Å². The monoisotopic (exact) mass is 489 g/mol. The van der Waals surface area contributed by atoms with E-state index in [0.29, 0.717) is 19.1 Å². The molecular weight excluding hydrogens is 454 g/mol. The standard InChI is InChI=1S/C29H35N3O4/c1-28(2,3)36-27(33)31-24(16-30)14-20-4-6-21(7-5-20)22-8-9-23-17-35-29(26(23)15-22)10-12-32(13-11-29)25-18-34-19-25/h4-9,15,24-25H,10-14,17-19H2,1-3H3,(H,31,33)/t24-/m0/s1. The van der Waals surface area contributed by atoms with Crippen molar-refractivity contribution >= 4 is 6.09 Å². The van der Waals surface area contributed by atoms with Crippen molar-refractivity contribution < 1.29 is 19.0 Å². The third-order valence-electron chi connectivity index (χ3n) is 7.42. The molecule has 1 atom stereocenters. The molecule has 7 heteroatoms. The highest BCUT2D eigenvalue weighted by Crippen LogP contribution is 2.45. The number of hydrogen-bond donors (Lipinski definition) is 1. The van der Waals surface area contributed by atoms with Gasteiger partial charge in [-0.2, -0.15) is 5.26 Å². The summed E-state index contributed by atoms with van der Waals surface area (Å²) in [5.41, 5.74) is 5.12. The number of likely N-dealkylation sites (tertiary alicyclic amines) is 1. The van der Waals surface area contributed by atoms with Gasteiger partial charge in [-0.15, -0.1) is 0 Å². The van der Waals surface area contributed by atoms with Gasteiger partial charge in [0.1, 0.15) is 11.6 Å². The molecule has 3 aliphatic rings. The highest BCUT2D eigenvalue weighted by molar-refractivity contribution is 5.69. The molecule has 190 valence electrons. The Morgan fingerprint density at radius 1 is 1.17 bits per heavy atom. The first-order chi connectivity index (χ1) is 17.2. The van der Waals surface area contributed by atoms with Crippen LogP contribution in [0, 0.1) is 11.3 Å². The second-order valence-electron chi connectivity index (χ2n) is 11.1. The summed E-state index contributed by atoms with van der Waals surface area (Å²) in [4.78, 5) is 14.6. The van der Waals surface area contributed by atoms with E-state index < -0.39 is 17.7 Å². The number of amides is 1. The zero-order chi connectivity index (χ0) is 25.3. The van der Waals surface area contributed by atoms with Crippen LogP contribution < -0.4 is 5.32 Å². The Balaban J connectivity index is 1.25. The lowest BCUT2D eigenvalue weighted by molar-refractivity contribution is -0.119. The van der Waals surface area contributed by atoms with Gasteiger partial charge in [0.2, 0.25) is 0 Å². The maximum Gasteiger partial charge on any atom is 0.408 e. The summed E-state index contributed by atoms with van der Waals surface area (Å²) < 4.78 is 17.1. The molecule has 0 saturated carbocycles. The number of fused-ring (bicyclic) bond motifs is 2.